The van der Waals surface area contributed by atoms with Gasteiger partial charge in [0.05, 0.1) is 11.8 Å². The number of pyridine rings is 1. The number of halogens is 3. The number of methoxy groups -OCH3 is 1. The second-order valence-electron chi connectivity index (χ2n) is 8.24. The molecule has 1 saturated carbocycles. The Balaban J connectivity index is 1.40. The zero-order valence-electron chi connectivity index (χ0n) is 18.6. The predicted molar refractivity (Wildman–Crippen MR) is 114 cm³/mol. The maximum atomic E-state index is 12.8. The molecule has 1 aliphatic heterocycles. The molecule has 3 heterocycles. The van der Waals surface area contributed by atoms with Crippen molar-refractivity contribution in [3.8, 4) is 5.75 Å². The summed E-state index contributed by atoms with van der Waals surface area (Å²) in [6, 6.07) is 1.79. The third-order valence-electron chi connectivity index (χ3n) is 5.91. The van der Waals surface area contributed by atoms with Gasteiger partial charge >= 0.3 is 6.18 Å². The molecule has 9 nitrogen and oxygen atoms in total. The van der Waals surface area contributed by atoms with Crippen molar-refractivity contribution < 1.29 is 27.4 Å². The fraction of sp³-hybridized carbons (Fsp3) is 0.524. The first kappa shape index (κ1) is 23.0. The first-order chi connectivity index (χ1) is 15.6. The van der Waals surface area contributed by atoms with Gasteiger partial charge in [0.25, 0.3) is 0 Å². The van der Waals surface area contributed by atoms with Gasteiger partial charge in [-0.05, 0) is 19.9 Å². The quantitative estimate of drug-likeness (QED) is 0.670. The van der Waals surface area contributed by atoms with E-state index in [1.54, 1.807) is 26.0 Å². The van der Waals surface area contributed by atoms with Gasteiger partial charge in [0.2, 0.25) is 11.9 Å². The molecule has 1 amide bonds. The van der Waals surface area contributed by atoms with Crippen LogP contribution in [0, 0.1) is 6.92 Å². The number of likely N-dealkylation sites (N-methyl/N-ethyl adjacent to an activating group) is 1. The summed E-state index contributed by atoms with van der Waals surface area (Å²) in [5.41, 5.74) is 0.194. The summed E-state index contributed by atoms with van der Waals surface area (Å²) < 4.78 is 49.5. The largest absolute Gasteiger partial charge is 0.490 e. The molecule has 0 radical (unpaired) electrons. The van der Waals surface area contributed by atoms with Crippen molar-refractivity contribution in [1.29, 1.82) is 0 Å². The van der Waals surface area contributed by atoms with Gasteiger partial charge in [-0.25, -0.2) is 4.98 Å². The summed E-state index contributed by atoms with van der Waals surface area (Å²) in [5.74, 6) is 0.944. The molecule has 0 spiro atoms. The van der Waals surface area contributed by atoms with Crippen LogP contribution in [0.1, 0.15) is 31.2 Å². The highest BCUT2D eigenvalue weighted by atomic mass is 19.4. The highest BCUT2D eigenvalue weighted by Crippen LogP contribution is 2.35. The molecule has 2 aliphatic rings. The van der Waals surface area contributed by atoms with Gasteiger partial charge in [-0.2, -0.15) is 18.2 Å². The number of hydrogen-bond acceptors (Lipinski definition) is 8. The van der Waals surface area contributed by atoms with Crippen LogP contribution < -0.4 is 20.3 Å². The van der Waals surface area contributed by atoms with Crippen molar-refractivity contribution in [2.75, 3.05) is 29.7 Å². The molecule has 2 N–H and O–H groups in total. The van der Waals surface area contributed by atoms with E-state index >= 15 is 0 Å². The second kappa shape index (κ2) is 8.65. The molecule has 1 aliphatic carbocycles. The predicted octanol–water partition coefficient (Wildman–Crippen LogP) is 3.01. The van der Waals surface area contributed by atoms with Crippen LogP contribution in [-0.2, 0) is 15.7 Å². The summed E-state index contributed by atoms with van der Waals surface area (Å²) in [4.78, 5) is 26.7. The van der Waals surface area contributed by atoms with Crippen molar-refractivity contribution in [3.05, 3.63) is 29.7 Å². The van der Waals surface area contributed by atoms with Crippen LogP contribution in [-0.4, -0.2) is 59.3 Å². The zero-order valence-corrected chi connectivity index (χ0v) is 18.6. The molecule has 0 unspecified atom stereocenters. The fourth-order valence-electron chi connectivity index (χ4n) is 3.98. The average molecular weight is 466 g/mol. The van der Waals surface area contributed by atoms with Crippen LogP contribution >= 0.6 is 0 Å². The van der Waals surface area contributed by atoms with Crippen LogP contribution in [0.25, 0.3) is 0 Å². The normalized spacial score (nSPS) is 23.3. The van der Waals surface area contributed by atoms with Gasteiger partial charge in [0.15, 0.2) is 5.82 Å². The standard InChI is InChI=1S/C21H25F3N6O3/c1-10-16-18(30(3)17(11(2)32-4)19(31)28-16)29-20(26-10)27-12-7-14(8-12)33-13-5-6-25-15(9-13)21(22,23)24/h5-6,9,11-12,14,17H,7-8H2,1-4H3,(H,28,31)(H,26,27,29)/t11-,12-,14-,17-/m0/s1. The number of rotatable bonds is 6. The summed E-state index contributed by atoms with van der Waals surface area (Å²) >= 11 is 0. The molecule has 12 heteroatoms. The first-order valence-corrected chi connectivity index (χ1v) is 10.5. The smallest absolute Gasteiger partial charge is 0.433 e. The molecular formula is C21H25F3N6O3. The molecule has 2 aromatic rings. The Bertz CT molecular complexity index is 1040. The SMILES string of the molecule is CO[C@@H](C)[C@H]1C(=O)Nc2c(C)nc(N[C@H]3C[C@H](Oc4ccnc(C(F)(F)F)c4)C3)nc2N1C. The lowest BCUT2D eigenvalue weighted by molar-refractivity contribution is -0.141. The Morgan fingerprint density at radius 1 is 1.30 bits per heavy atom. The van der Waals surface area contributed by atoms with Gasteiger partial charge in [0.1, 0.15) is 29.3 Å². The molecule has 2 atom stereocenters. The number of anilines is 3. The van der Waals surface area contributed by atoms with Crippen LogP contribution in [0.15, 0.2) is 18.3 Å². The molecule has 178 valence electrons. The van der Waals surface area contributed by atoms with E-state index in [0.717, 1.165) is 12.3 Å². The van der Waals surface area contributed by atoms with Crippen LogP contribution in [0.4, 0.5) is 30.6 Å². The monoisotopic (exact) mass is 466 g/mol. The van der Waals surface area contributed by atoms with E-state index in [4.69, 9.17) is 9.47 Å². The zero-order chi connectivity index (χ0) is 23.9. The minimum Gasteiger partial charge on any atom is -0.490 e. The number of aryl methyl sites for hydroxylation is 1. The molecule has 0 saturated heterocycles. The average Bonchev–Trinajstić information content (AvgIpc) is 2.72. The first-order valence-electron chi connectivity index (χ1n) is 10.5. The maximum absolute atomic E-state index is 12.8. The van der Waals surface area contributed by atoms with Gasteiger partial charge in [-0.3, -0.25) is 9.78 Å². The second-order valence-corrected chi connectivity index (χ2v) is 8.24. The van der Waals surface area contributed by atoms with Crippen LogP contribution in [0.5, 0.6) is 5.75 Å². The molecule has 0 bridgehead atoms. The van der Waals surface area contributed by atoms with E-state index in [-0.39, 0.29) is 29.9 Å². The van der Waals surface area contributed by atoms with E-state index in [1.807, 2.05) is 6.92 Å². The third-order valence-corrected chi connectivity index (χ3v) is 5.91. The summed E-state index contributed by atoms with van der Waals surface area (Å²) in [5, 5.41) is 6.11. The number of ether oxygens (including phenoxy) is 2. The van der Waals surface area contributed by atoms with Crippen molar-refractivity contribution in [1.82, 2.24) is 15.0 Å². The molecular weight excluding hydrogens is 441 g/mol. The van der Waals surface area contributed by atoms with Crippen molar-refractivity contribution in [2.45, 2.75) is 57.2 Å². The maximum Gasteiger partial charge on any atom is 0.433 e. The van der Waals surface area contributed by atoms with Gasteiger partial charge in [-0.15, -0.1) is 0 Å². The van der Waals surface area contributed by atoms with Crippen molar-refractivity contribution in [2.24, 2.45) is 0 Å². The number of carbonyl (C=O) groups is 1. The summed E-state index contributed by atoms with van der Waals surface area (Å²) in [7, 11) is 3.33. The van der Waals surface area contributed by atoms with E-state index in [9.17, 15) is 18.0 Å². The third kappa shape index (κ3) is 4.65. The molecule has 1 fully saturated rings. The lowest BCUT2D eigenvalue weighted by Crippen LogP contribution is -2.53. The Hall–Kier alpha value is -3.15. The van der Waals surface area contributed by atoms with E-state index < -0.39 is 17.9 Å². The number of nitrogens with zero attached hydrogens (tertiary/aromatic N) is 4. The van der Waals surface area contributed by atoms with Crippen molar-refractivity contribution in [3.63, 3.8) is 0 Å². The van der Waals surface area contributed by atoms with Gasteiger partial charge in [0, 0.05) is 45.3 Å². The van der Waals surface area contributed by atoms with Crippen LogP contribution in [0.3, 0.4) is 0 Å². The number of hydrogen-bond donors (Lipinski definition) is 2. The lowest BCUT2D eigenvalue weighted by atomic mass is 9.89. The highest BCUT2D eigenvalue weighted by Gasteiger charge is 2.38. The molecule has 4 rings (SSSR count). The summed E-state index contributed by atoms with van der Waals surface area (Å²) in [6.45, 7) is 3.60. The van der Waals surface area contributed by atoms with Crippen molar-refractivity contribution >= 4 is 23.4 Å². The highest BCUT2D eigenvalue weighted by molar-refractivity contribution is 6.03. The molecule has 0 aromatic carbocycles. The Labute approximate surface area is 188 Å². The number of aromatic nitrogens is 3. The number of carbonyl (C=O) groups excluding carboxylic acids is 1. The fourth-order valence-corrected chi connectivity index (χ4v) is 3.98. The summed E-state index contributed by atoms with van der Waals surface area (Å²) in [6.07, 6.45) is -2.83. The Morgan fingerprint density at radius 2 is 2.03 bits per heavy atom. The number of fused-ring (bicyclic) bond motifs is 1. The molecule has 2 aromatic heterocycles. The van der Waals surface area contributed by atoms with E-state index in [2.05, 4.69) is 25.6 Å². The Kier molecular flexibility index (Phi) is 6.04. The van der Waals surface area contributed by atoms with E-state index in [0.29, 0.717) is 36.0 Å². The lowest BCUT2D eigenvalue weighted by Gasteiger charge is -2.38. The minimum atomic E-state index is -4.52. The van der Waals surface area contributed by atoms with E-state index in [1.165, 1.54) is 6.07 Å². The topological polar surface area (TPSA) is 102 Å². The van der Waals surface area contributed by atoms with Crippen LogP contribution in [0.2, 0.25) is 0 Å². The van der Waals surface area contributed by atoms with Gasteiger partial charge < -0.3 is 25.0 Å². The Morgan fingerprint density at radius 3 is 2.70 bits per heavy atom. The van der Waals surface area contributed by atoms with Gasteiger partial charge in [-0.1, -0.05) is 0 Å². The number of alkyl halides is 3. The molecule has 33 heavy (non-hydrogen) atoms. The number of amides is 1. The minimum absolute atomic E-state index is 0.00792. The number of nitrogens with one attached hydrogen (secondary N) is 2.